The lowest BCUT2D eigenvalue weighted by Crippen LogP contribution is -2.46. The largest absolute Gasteiger partial charge is 0.381 e. The first-order valence-corrected chi connectivity index (χ1v) is 6.32. The fraction of sp³-hybridized carbons (Fsp3) is 1.00. The summed E-state index contributed by atoms with van der Waals surface area (Å²) in [4.78, 5) is 2.59. The Hall–Kier alpha value is -0.120. The van der Waals surface area contributed by atoms with E-state index in [1.807, 2.05) is 0 Å². The van der Waals surface area contributed by atoms with E-state index in [2.05, 4.69) is 11.9 Å². The molecule has 0 aromatic rings. The molecule has 0 bridgehead atoms. The van der Waals surface area contributed by atoms with Gasteiger partial charge in [-0.25, -0.2) is 0 Å². The Morgan fingerprint density at radius 1 is 1.20 bits per heavy atom. The molecule has 0 radical (unpaired) electrons. The lowest BCUT2D eigenvalue weighted by atomic mass is 9.98. The second-order valence-electron chi connectivity index (χ2n) is 5.00. The van der Waals surface area contributed by atoms with E-state index in [0.717, 1.165) is 37.8 Å². The SMILES string of the molecule is CN(C1CCOCC1)C1CCCC1CN. The smallest absolute Gasteiger partial charge is 0.0480 e. The Labute approximate surface area is 93.0 Å². The summed E-state index contributed by atoms with van der Waals surface area (Å²) in [5, 5.41) is 0. The van der Waals surface area contributed by atoms with Gasteiger partial charge in [0.05, 0.1) is 0 Å². The molecule has 0 aromatic heterocycles. The molecule has 1 saturated heterocycles. The van der Waals surface area contributed by atoms with Crippen molar-refractivity contribution in [2.45, 2.75) is 44.2 Å². The highest BCUT2D eigenvalue weighted by molar-refractivity contribution is 4.88. The Bertz CT molecular complexity index is 192. The Morgan fingerprint density at radius 2 is 1.93 bits per heavy atom. The van der Waals surface area contributed by atoms with Crippen molar-refractivity contribution >= 4 is 0 Å². The average molecular weight is 212 g/mol. The van der Waals surface area contributed by atoms with Crippen molar-refractivity contribution in [2.75, 3.05) is 26.8 Å². The lowest BCUT2D eigenvalue weighted by Gasteiger charge is -2.37. The van der Waals surface area contributed by atoms with Crippen LogP contribution < -0.4 is 5.73 Å². The molecule has 2 N–H and O–H groups in total. The summed E-state index contributed by atoms with van der Waals surface area (Å²) >= 11 is 0. The van der Waals surface area contributed by atoms with Crippen LogP contribution in [0.2, 0.25) is 0 Å². The van der Waals surface area contributed by atoms with Gasteiger partial charge in [0.15, 0.2) is 0 Å². The molecule has 2 rings (SSSR count). The van der Waals surface area contributed by atoms with E-state index in [4.69, 9.17) is 10.5 Å². The van der Waals surface area contributed by atoms with Gasteiger partial charge in [-0.15, -0.1) is 0 Å². The minimum Gasteiger partial charge on any atom is -0.381 e. The zero-order chi connectivity index (χ0) is 10.7. The van der Waals surface area contributed by atoms with Crippen molar-refractivity contribution in [3.8, 4) is 0 Å². The van der Waals surface area contributed by atoms with E-state index in [0.29, 0.717) is 0 Å². The monoisotopic (exact) mass is 212 g/mol. The van der Waals surface area contributed by atoms with Gasteiger partial charge < -0.3 is 10.5 Å². The van der Waals surface area contributed by atoms with E-state index in [-0.39, 0.29) is 0 Å². The molecular formula is C12H24N2O. The van der Waals surface area contributed by atoms with Gasteiger partial charge in [0.25, 0.3) is 0 Å². The van der Waals surface area contributed by atoms with Crippen LogP contribution in [0.4, 0.5) is 0 Å². The zero-order valence-corrected chi connectivity index (χ0v) is 9.82. The highest BCUT2D eigenvalue weighted by Crippen LogP contribution is 2.31. The Balaban J connectivity index is 1.90. The van der Waals surface area contributed by atoms with Crippen molar-refractivity contribution in [1.82, 2.24) is 4.90 Å². The number of nitrogens with zero attached hydrogens (tertiary/aromatic N) is 1. The third-order valence-electron chi connectivity index (χ3n) is 4.21. The molecular weight excluding hydrogens is 188 g/mol. The number of hydrogen-bond donors (Lipinski definition) is 1. The van der Waals surface area contributed by atoms with Crippen molar-refractivity contribution in [3.05, 3.63) is 0 Å². The van der Waals surface area contributed by atoms with Crippen molar-refractivity contribution in [3.63, 3.8) is 0 Å². The molecule has 2 unspecified atom stereocenters. The fourth-order valence-electron chi connectivity index (χ4n) is 3.19. The summed E-state index contributed by atoms with van der Waals surface area (Å²) in [6.07, 6.45) is 6.43. The molecule has 0 amide bonds. The summed E-state index contributed by atoms with van der Waals surface area (Å²) in [5.41, 5.74) is 5.84. The molecule has 2 aliphatic rings. The van der Waals surface area contributed by atoms with Crippen LogP contribution in [0.1, 0.15) is 32.1 Å². The van der Waals surface area contributed by atoms with Gasteiger partial charge in [0.1, 0.15) is 0 Å². The average Bonchev–Trinajstić information content (AvgIpc) is 2.77. The van der Waals surface area contributed by atoms with Crippen LogP contribution in [0, 0.1) is 5.92 Å². The maximum absolute atomic E-state index is 5.84. The first-order valence-electron chi connectivity index (χ1n) is 6.32. The number of nitrogens with two attached hydrogens (primary N) is 1. The number of ether oxygens (including phenoxy) is 1. The second kappa shape index (κ2) is 5.28. The van der Waals surface area contributed by atoms with E-state index in [9.17, 15) is 0 Å². The molecule has 3 heteroatoms. The van der Waals surface area contributed by atoms with Gasteiger partial charge in [-0.1, -0.05) is 6.42 Å². The van der Waals surface area contributed by atoms with Crippen LogP contribution in [0.15, 0.2) is 0 Å². The third-order valence-corrected chi connectivity index (χ3v) is 4.21. The molecule has 1 aliphatic carbocycles. The molecule has 2 atom stereocenters. The van der Waals surface area contributed by atoms with Crippen LogP contribution >= 0.6 is 0 Å². The Kier molecular flexibility index (Phi) is 4.00. The minimum absolute atomic E-state index is 0.732. The maximum atomic E-state index is 5.84. The second-order valence-corrected chi connectivity index (χ2v) is 5.00. The first kappa shape index (κ1) is 11.4. The van der Waals surface area contributed by atoms with Crippen LogP contribution in [0.25, 0.3) is 0 Å². The molecule has 1 aliphatic heterocycles. The van der Waals surface area contributed by atoms with E-state index >= 15 is 0 Å². The lowest BCUT2D eigenvalue weighted by molar-refractivity contribution is 0.0225. The first-order chi connectivity index (χ1) is 7.33. The molecule has 88 valence electrons. The van der Waals surface area contributed by atoms with Gasteiger partial charge in [0.2, 0.25) is 0 Å². The summed E-state index contributed by atoms with van der Waals surface area (Å²) in [6.45, 7) is 2.74. The predicted molar refractivity (Wildman–Crippen MR) is 61.8 cm³/mol. The van der Waals surface area contributed by atoms with Crippen molar-refractivity contribution in [1.29, 1.82) is 0 Å². The van der Waals surface area contributed by atoms with Gasteiger partial charge in [-0.05, 0) is 45.2 Å². The van der Waals surface area contributed by atoms with Crippen LogP contribution in [-0.4, -0.2) is 43.8 Å². The van der Waals surface area contributed by atoms with Crippen LogP contribution in [0.3, 0.4) is 0 Å². The normalized spacial score (nSPS) is 33.8. The van der Waals surface area contributed by atoms with E-state index in [1.165, 1.54) is 32.1 Å². The van der Waals surface area contributed by atoms with Crippen molar-refractivity contribution in [2.24, 2.45) is 11.7 Å². The topological polar surface area (TPSA) is 38.5 Å². The number of hydrogen-bond acceptors (Lipinski definition) is 3. The van der Waals surface area contributed by atoms with Gasteiger partial charge >= 0.3 is 0 Å². The molecule has 0 spiro atoms. The highest BCUT2D eigenvalue weighted by Gasteiger charge is 2.33. The molecule has 1 heterocycles. The third kappa shape index (κ3) is 2.52. The maximum Gasteiger partial charge on any atom is 0.0480 e. The van der Waals surface area contributed by atoms with E-state index in [1.54, 1.807) is 0 Å². The summed E-state index contributed by atoms with van der Waals surface area (Å²) < 4.78 is 5.41. The van der Waals surface area contributed by atoms with Gasteiger partial charge in [0, 0.05) is 25.3 Å². The van der Waals surface area contributed by atoms with Gasteiger partial charge in [-0.2, -0.15) is 0 Å². The summed E-state index contributed by atoms with van der Waals surface area (Å²) in [5.74, 6) is 0.734. The molecule has 1 saturated carbocycles. The van der Waals surface area contributed by atoms with Crippen LogP contribution in [-0.2, 0) is 4.74 Å². The molecule has 3 nitrogen and oxygen atoms in total. The van der Waals surface area contributed by atoms with Crippen LogP contribution in [0.5, 0.6) is 0 Å². The van der Waals surface area contributed by atoms with Crippen molar-refractivity contribution < 1.29 is 4.74 Å². The Morgan fingerprint density at radius 3 is 2.60 bits per heavy atom. The standard InChI is InChI=1S/C12H24N2O/c1-14(11-5-7-15-8-6-11)12-4-2-3-10(12)9-13/h10-12H,2-9,13H2,1H3. The minimum atomic E-state index is 0.732. The van der Waals surface area contributed by atoms with E-state index < -0.39 is 0 Å². The quantitative estimate of drug-likeness (QED) is 0.764. The van der Waals surface area contributed by atoms with Gasteiger partial charge in [-0.3, -0.25) is 4.90 Å². The molecule has 2 fully saturated rings. The fourth-order valence-corrected chi connectivity index (χ4v) is 3.19. The summed E-state index contributed by atoms with van der Waals surface area (Å²) in [6, 6.07) is 1.47. The molecule has 0 aromatic carbocycles. The number of rotatable bonds is 3. The summed E-state index contributed by atoms with van der Waals surface area (Å²) in [7, 11) is 2.29. The predicted octanol–water partition coefficient (Wildman–Crippen LogP) is 1.22. The highest BCUT2D eigenvalue weighted by atomic mass is 16.5. The molecule has 15 heavy (non-hydrogen) atoms. The zero-order valence-electron chi connectivity index (χ0n) is 9.82.